The lowest BCUT2D eigenvalue weighted by atomic mass is 10.1. The van der Waals surface area contributed by atoms with Crippen molar-refractivity contribution >= 4 is 53.5 Å². The predicted molar refractivity (Wildman–Crippen MR) is 123 cm³/mol. The molecule has 0 aromatic heterocycles. The number of benzene rings is 3. The fraction of sp³-hybridized carbons (Fsp3) is 0.182. The van der Waals surface area contributed by atoms with Crippen LogP contribution in [0.4, 0.5) is 5.69 Å². The maximum atomic E-state index is 6.01. The second-order valence-corrected chi connectivity index (χ2v) is 8.83. The van der Waals surface area contributed by atoms with E-state index in [4.69, 9.17) is 4.74 Å². The van der Waals surface area contributed by atoms with E-state index in [1.54, 1.807) is 0 Å². The van der Waals surface area contributed by atoms with Gasteiger partial charge < -0.3 is 10.1 Å². The van der Waals surface area contributed by atoms with Gasteiger partial charge in [-0.3, -0.25) is 0 Å². The molecule has 3 aromatic rings. The van der Waals surface area contributed by atoms with Crippen LogP contribution in [-0.4, -0.2) is 0 Å². The van der Waals surface area contributed by atoms with Gasteiger partial charge in [-0.2, -0.15) is 0 Å². The summed E-state index contributed by atoms with van der Waals surface area (Å²) in [6.45, 7) is 3.43. The van der Waals surface area contributed by atoms with Crippen molar-refractivity contribution in [2.45, 2.75) is 26.5 Å². The quantitative estimate of drug-likeness (QED) is 0.323. The third-order valence-electron chi connectivity index (χ3n) is 4.21. The van der Waals surface area contributed by atoms with Gasteiger partial charge in [0.2, 0.25) is 0 Å². The first kappa shape index (κ1) is 20.4. The van der Waals surface area contributed by atoms with Crippen molar-refractivity contribution in [1.82, 2.24) is 0 Å². The first-order valence-corrected chi connectivity index (χ1v) is 11.1. The smallest absolute Gasteiger partial charge is 0.148 e. The van der Waals surface area contributed by atoms with Gasteiger partial charge >= 0.3 is 0 Å². The molecule has 0 aliphatic heterocycles. The van der Waals surface area contributed by atoms with E-state index in [9.17, 15) is 0 Å². The van der Waals surface area contributed by atoms with Crippen molar-refractivity contribution in [1.29, 1.82) is 0 Å². The lowest BCUT2D eigenvalue weighted by Crippen LogP contribution is -2.01. The zero-order valence-electron chi connectivity index (χ0n) is 14.9. The van der Waals surface area contributed by atoms with E-state index in [1.165, 1.54) is 11.1 Å². The van der Waals surface area contributed by atoms with Crippen LogP contribution < -0.4 is 10.1 Å². The molecule has 0 aliphatic rings. The fourth-order valence-corrected chi connectivity index (χ4v) is 4.43. The molecule has 0 aliphatic carbocycles. The molecular weight excluding hydrogens is 534 g/mol. The lowest BCUT2D eigenvalue weighted by molar-refractivity contribution is 0.302. The first-order valence-electron chi connectivity index (χ1n) is 8.73. The van der Waals surface area contributed by atoms with Crippen molar-refractivity contribution in [2.75, 3.05) is 5.32 Å². The topological polar surface area (TPSA) is 21.3 Å². The maximum absolute atomic E-state index is 6.01. The molecule has 0 bridgehead atoms. The van der Waals surface area contributed by atoms with Crippen LogP contribution in [0, 0.1) is 0 Å². The molecule has 0 unspecified atom stereocenters. The van der Waals surface area contributed by atoms with E-state index in [0.29, 0.717) is 6.61 Å². The van der Waals surface area contributed by atoms with Gasteiger partial charge in [0.15, 0.2) is 0 Å². The number of halogens is 3. The Morgan fingerprint density at radius 1 is 0.778 bits per heavy atom. The van der Waals surface area contributed by atoms with Gasteiger partial charge in [0, 0.05) is 16.7 Å². The SMILES string of the molecule is CCc1ccc(NCc2cc(Br)c(OCc3ccc(Br)cc3)c(Br)c2)cc1. The van der Waals surface area contributed by atoms with Crippen LogP contribution in [0.3, 0.4) is 0 Å². The minimum Gasteiger partial charge on any atom is -0.487 e. The highest BCUT2D eigenvalue weighted by Gasteiger charge is 2.10. The minimum atomic E-state index is 0.520. The van der Waals surface area contributed by atoms with Gasteiger partial charge in [0.05, 0.1) is 8.95 Å². The average molecular weight is 554 g/mol. The van der Waals surface area contributed by atoms with E-state index in [-0.39, 0.29) is 0 Å². The summed E-state index contributed by atoms with van der Waals surface area (Å²) >= 11 is 10.7. The summed E-state index contributed by atoms with van der Waals surface area (Å²) < 4.78 is 8.95. The molecule has 1 N–H and O–H groups in total. The molecule has 3 rings (SSSR count). The van der Waals surface area contributed by atoms with Crippen molar-refractivity contribution in [3.8, 4) is 5.75 Å². The Kier molecular flexibility index (Phi) is 7.39. The van der Waals surface area contributed by atoms with Gasteiger partial charge in [-0.1, -0.05) is 47.1 Å². The zero-order chi connectivity index (χ0) is 19.2. The van der Waals surface area contributed by atoms with E-state index in [2.05, 4.69) is 96.4 Å². The number of rotatable bonds is 7. The molecule has 2 nitrogen and oxygen atoms in total. The van der Waals surface area contributed by atoms with Gasteiger partial charge in [-0.05, 0) is 91.4 Å². The summed E-state index contributed by atoms with van der Waals surface area (Å²) in [5, 5.41) is 3.46. The van der Waals surface area contributed by atoms with Crippen molar-refractivity contribution in [3.63, 3.8) is 0 Å². The Hall–Kier alpha value is -1.30. The Morgan fingerprint density at radius 2 is 1.37 bits per heavy atom. The van der Waals surface area contributed by atoms with Gasteiger partial charge in [-0.15, -0.1) is 0 Å². The maximum Gasteiger partial charge on any atom is 0.148 e. The first-order chi connectivity index (χ1) is 13.0. The van der Waals surface area contributed by atoms with E-state index in [0.717, 1.165) is 43.4 Å². The normalized spacial score (nSPS) is 10.7. The van der Waals surface area contributed by atoms with Crippen LogP contribution in [0.5, 0.6) is 5.75 Å². The molecule has 0 radical (unpaired) electrons. The molecular formula is C22H20Br3NO. The standard InChI is InChI=1S/C22H20Br3NO/c1-2-15-5-9-19(10-6-15)26-13-17-11-20(24)22(21(25)12-17)27-14-16-3-7-18(23)8-4-16/h3-12,26H,2,13-14H2,1H3. The number of anilines is 1. The molecule has 0 amide bonds. The molecule has 0 saturated heterocycles. The second-order valence-electron chi connectivity index (χ2n) is 6.21. The molecule has 5 heteroatoms. The molecule has 0 heterocycles. The number of nitrogens with one attached hydrogen (secondary N) is 1. The Balaban J connectivity index is 1.63. The second kappa shape index (κ2) is 9.76. The summed E-state index contributed by atoms with van der Waals surface area (Å²) in [7, 11) is 0. The predicted octanol–water partition coefficient (Wildman–Crippen LogP) is 7.73. The minimum absolute atomic E-state index is 0.520. The van der Waals surface area contributed by atoms with Crippen molar-refractivity contribution in [3.05, 3.63) is 90.8 Å². The molecule has 140 valence electrons. The average Bonchev–Trinajstić information content (AvgIpc) is 2.67. The lowest BCUT2D eigenvalue weighted by Gasteiger charge is -2.13. The van der Waals surface area contributed by atoms with E-state index < -0.39 is 0 Å². The Bertz CT molecular complexity index is 869. The number of hydrogen-bond acceptors (Lipinski definition) is 2. The molecule has 0 fully saturated rings. The van der Waals surface area contributed by atoms with E-state index in [1.807, 2.05) is 24.3 Å². The third kappa shape index (κ3) is 5.84. The largest absolute Gasteiger partial charge is 0.487 e. The molecule has 0 saturated carbocycles. The van der Waals surface area contributed by atoms with Crippen LogP contribution in [-0.2, 0) is 19.6 Å². The van der Waals surface area contributed by atoms with Crippen LogP contribution >= 0.6 is 47.8 Å². The fourth-order valence-electron chi connectivity index (χ4n) is 2.65. The molecule has 0 atom stereocenters. The highest BCUT2D eigenvalue weighted by molar-refractivity contribution is 9.11. The van der Waals surface area contributed by atoms with Gasteiger partial charge in [0.25, 0.3) is 0 Å². The summed E-state index contributed by atoms with van der Waals surface area (Å²) in [4.78, 5) is 0. The summed E-state index contributed by atoms with van der Waals surface area (Å²) in [5.74, 6) is 0.814. The Labute approximate surface area is 185 Å². The highest BCUT2D eigenvalue weighted by Crippen LogP contribution is 2.35. The van der Waals surface area contributed by atoms with Crippen molar-refractivity contribution in [2.24, 2.45) is 0 Å². The summed E-state index contributed by atoms with van der Waals surface area (Å²) in [5.41, 5.74) is 4.76. The van der Waals surface area contributed by atoms with Crippen LogP contribution in [0.15, 0.2) is 74.1 Å². The van der Waals surface area contributed by atoms with Crippen molar-refractivity contribution < 1.29 is 4.74 Å². The van der Waals surface area contributed by atoms with E-state index >= 15 is 0 Å². The zero-order valence-corrected chi connectivity index (χ0v) is 19.7. The summed E-state index contributed by atoms with van der Waals surface area (Å²) in [6.07, 6.45) is 1.06. The monoisotopic (exact) mass is 551 g/mol. The third-order valence-corrected chi connectivity index (χ3v) is 5.92. The van der Waals surface area contributed by atoms with Gasteiger partial charge in [0.1, 0.15) is 12.4 Å². The van der Waals surface area contributed by atoms with Crippen LogP contribution in [0.25, 0.3) is 0 Å². The van der Waals surface area contributed by atoms with Gasteiger partial charge in [-0.25, -0.2) is 0 Å². The molecule has 27 heavy (non-hydrogen) atoms. The highest BCUT2D eigenvalue weighted by atomic mass is 79.9. The van der Waals surface area contributed by atoms with Crippen LogP contribution in [0.2, 0.25) is 0 Å². The molecule has 3 aromatic carbocycles. The summed E-state index contributed by atoms with van der Waals surface area (Å²) in [6, 6.07) is 20.9. The Morgan fingerprint density at radius 3 is 1.96 bits per heavy atom. The number of ether oxygens (including phenoxy) is 1. The molecule has 0 spiro atoms. The van der Waals surface area contributed by atoms with Crippen LogP contribution in [0.1, 0.15) is 23.6 Å². The number of hydrogen-bond donors (Lipinski definition) is 1. The number of aryl methyl sites for hydroxylation is 1.